The lowest BCUT2D eigenvalue weighted by atomic mass is 10.1. The van der Waals surface area contributed by atoms with Crippen LogP contribution in [-0.4, -0.2) is 23.5 Å². The fraction of sp³-hybridized carbons (Fsp3) is 0.385. The van der Waals surface area contributed by atoms with Crippen LogP contribution in [-0.2, 0) is 16.0 Å². The first kappa shape index (κ1) is 15.1. The molecular weight excluding hydrogens is 256 g/mol. The lowest BCUT2D eigenvalue weighted by Gasteiger charge is -2.08. The molecule has 2 N–H and O–H groups in total. The molecule has 104 valence electrons. The summed E-state index contributed by atoms with van der Waals surface area (Å²) < 4.78 is 26.1. The zero-order chi connectivity index (χ0) is 14.4. The molecule has 1 aromatic carbocycles. The van der Waals surface area contributed by atoms with E-state index in [0.717, 1.165) is 18.2 Å². The molecule has 0 aliphatic rings. The maximum absolute atomic E-state index is 13.3. The Bertz CT molecular complexity index is 477. The second-order valence-corrected chi connectivity index (χ2v) is 4.28. The number of carbonyl (C=O) groups excluding carboxylic acids is 1. The molecule has 4 nitrogen and oxygen atoms in total. The van der Waals surface area contributed by atoms with E-state index in [1.807, 2.05) is 0 Å². The van der Waals surface area contributed by atoms with Gasteiger partial charge in [-0.25, -0.2) is 8.78 Å². The van der Waals surface area contributed by atoms with E-state index < -0.39 is 29.4 Å². The first-order chi connectivity index (χ1) is 8.90. The van der Waals surface area contributed by atoms with Gasteiger partial charge in [0.25, 0.3) is 0 Å². The molecule has 1 unspecified atom stereocenters. The Kier molecular flexibility index (Phi) is 5.41. The lowest BCUT2D eigenvalue weighted by Crippen LogP contribution is -2.31. The van der Waals surface area contributed by atoms with E-state index in [4.69, 9.17) is 5.11 Å². The van der Waals surface area contributed by atoms with Gasteiger partial charge in [-0.1, -0.05) is 6.92 Å². The van der Waals surface area contributed by atoms with Gasteiger partial charge in [0.05, 0.1) is 5.92 Å². The first-order valence-corrected chi connectivity index (χ1v) is 5.83. The lowest BCUT2D eigenvalue weighted by molar-refractivity contribution is -0.141. The van der Waals surface area contributed by atoms with Crippen LogP contribution in [0.15, 0.2) is 18.2 Å². The number of aliphatic carboxylic acids is 1. The number of hydrogen-bond acceptors (Lipinski definition) is 2. The molecule has 0 heterocycles. The van der Waals surface area contributed by atoms with Crippen molar-refractivity contribution >= 4 is 11.9 Å². The third-order valence-electron chi connectivity index (χ3n) is 2.66. The number of rotatable bonds is 6. The molecule has 0 bridgehead atoms. The molecule has 1 aromatic rings. The van der Waals surface area contributed by atoms with Gasteiger partial charge in [-0.3, -0.25) is 9.59 Å². The summed E-state index contributed by atoms with van der Waals surface area (Å²) in [4.78, 5) is 22.0. The fourth-order valence-corrected chi connectivity index (χ4v) is 1.43. The fourth-order valence-electron chi connectivity index (χ4n) is 1.43. The van der Waals surface area contributed by atoms with E-state index in [1.54, 1.807) is 0 Å². The topological polar surface area (TPSA) is 66.4 Å². The zero-order valence-corrected chi connectivity index (χ0v) is 10.5. The largest absolute Gasteiger partial charge is 0.481 e. The summed E-state index contributed by atoms with van der Waals surface area (Å²) in [5.41, 5.74) is 0.126. The Hall–Kier alpha value is -1.98. The number of carboxylic acid groups (broad SMARTS) is 1. The van der Waals surface area contributed by atoms with E-state index in [2.05, 4.69) is 5.32 Å². The maximum atomic E-state index is 13.3. The summed E-state index contributed by atoms with van der Waals surface area (Å²) in [5, 5.41) is 11.1. The van der Waals surface area contributed by atoms with Gasteiger partial charge in [0.1, 0.15) is 11.6 Å². The Morgan fingerprint density at radius 1 is 1.37 bits per heavy atom. The highest BCUT2D eigenvalue weighted by molar-refractivity contribution is 5.77. The summed E-state index contributed by atoms with van der Waals surface area (Å²) in [6, 6.07) is 3.06. The number of hydrogen-bond donors (Lipinski definition) is 2. The number of amides is 1. The minimum atomic E-state index is -1.00. The van der Waals surface area contributed by atoms with Crippen LogP contribution in [0.25, 0.3) is 0 Å². The van der Waals surface area contributed by atoms with Crippen LogP contribution in [0, 0.1) is 17.6 Å². The summed E-state index contributed by atoms with van der Waals surface area (Å²) in [6.07, 6.45) is 0.0452. The molecule has 1 atom stereocenters. The zero-order valence-electron chi connectivity index (χ0n) is 10.5. The predicted octanol–water partition coefficient (Wildman–Crippen LogP) is 1.73. The molecule has 1 rings (SSSR count). The maximum Gasteiger partial charge on any atom is 0.308 e. The monoisotopic (exact) mass is 271 g/mol. The molecule has 0 radical (unpaired) electrons. The number of carboxylic acids is 1. The van der Waals surface area contributed by atoms with Crippen molar-refractivity contribution in [1.29, 1.82) is 0 Å². The summed E-state index contributed by atoms with van der Waals surface area (Å²) >= 11 is 0. The highest BCUT2D eigenvalue weighted by Crippen LogP contribution is 2.11. The summed E-state index contributed by atoms with van der Waals surface area (Å²) in [6.45, 7) is 1.48. The van der Waals surface area contributed by atoms with Crippen molar-refractivity contribution in [1.82, 2.24) is 5.32 Å². The molecule has 19 heavy (non-hydrogen) atoms. The molecule has 6 heteroatoms. The molecule has 0 saturated heterocycles. The van der Waals surface area contributed by atoms with Crippen LogP contribution in [0.3, 0.4) is 0 Å². The van der Waals surface area contributed by atoms with Crippen LogP contribution in [0.1, 0.15) is 18.9 Å². The van der Waals surface area contributed by atoms with Gasteiger partial charge in [0.2, 0.25) is 5.91 Å². The van der Waals surface area contributed by atoms with E-state index in [0.29, 0.717) is 0 Å². The van der Waals surface area contributed by atoms with Gasteiger partial charge in [0, 0.05) is 13.0 Å². The van der Waals surface area contributed by atoms with Gasteiger partial charge in [-0.2, -0.15) is 0 Å². The SMILES string of the molecule is CC(CNC(=O)CCc1cc(F)ccc1F)C(=O)O. The third kappa shape index (κ3) is 5.03. The standard InChI is InChI=1S/C13H15F2NO3/c1-8(13(18)19)7-16-12(17)5-2-9-6-10(14)3-4-11(9)15/h3-4,6,8H,2,5,7H2,1H3,(H,16,17)(H,18,19). The van der Waals surface area contributed by atoms with E-state index in [-0.39, 0.29) is 24.9 Å². The van der Waals surface area contributed by atoms with Crippen molar-refractivity contribution in [3.63, 3.8) is 0 Å². The Morgan fingerprint density at radius 3 is 2.68 bits per heavy atom. The van der Waals surface area contributed by atoms with Crippen LogP contribution in [0.4, 0.5) is 8.78 Å². The number of nitrogens with one attached hydrogen (secondary N) is 1. The number of halogens is 2. The molecular formula is C13H15F2NO3. The average molecular weight is 271 g/mol. The minimum Gasteiger partial charge on any atom is -0.481 e. The second-order valence-electron chi connectivity index (χ2n) is 4.28. The molecule has 0 saturated carbocycles. The predicted molar refractivity (Wildman–Crippen MR) is 64.5 cm³/mol. The third-order valence-corrected chi connectivity index (χ3v) is 2.66. The molecule has 0 spiro atoms. The molecule has 1 amide bonds. The Morgan fingerprint density at radius 2 is 2.05 bits per heavy atom. The van der Waals surface area contributed by atoms with E-state index in [1.165, 1.54) is 6.92 Å². The van der Waals surface area contributed by atoms with Crippen molar-refractivity contribution in [3.05, 3.63) is 35.4 Å². The summed E-state index contributed by atoms with van der Waals surface area (Å²) in [5.74, 6) is -3.20. The Labute approximate surface area is 109 Å². The van der Waals surface area contributed by atoms with Crippen LogP contribution < -0.4 is 5.32 Å². The minimum absolute atomic E-state index is 0.0137. The highest BCUT2D eigenvalue weighted by Gasteiger charge is 2.12. The van der Waals surface area contributed by atoms with E-state index in [9.17, 15) is 18.4 Å². The number of aryl methyl sites for hydroxylation is 1. The molecule has 0 aliphatic heterocycles. The van der Waals surface area contributed by atoms with Crippen molar-refractivity contribution in [2.75, 3.05) is 6.54 Å². The van der Waals surface area contributed by atoms with Gasteiger partial charge in [-0.05, 0) is 30.2 Å². The van der Waals surface area contributed by atoms with Crippen molar-refractivity contribution in [2.45, 2.75) is 19.8 Å². The Balaban J connectivity index is 2.42. The quantitative estimate of drug-likeness (QED) is 0.828. The van der Waals surface area contributed by atoms with Gasteiger partial charge in [0.15, 0.2) is 0 Å². The first-order valence-electron chi connectivity index (χ1n) is 5.83. The smallest absolute Gasteiger partial charge is 0.308 e. The van der Waals surface area contributed by atoms with Crippen molar-refractivity contribution < 1.29 is 23.5 Å². The average Bonchev–Trinajstić information content (AvgIpc) is 2.36. The van der Waals surface area contributed by atoms with Crippen LogP contribution in [0.2, 0.25) is 0 Å². The van der Waals surface area contributed by atoms with Gasteiger partial charge < -0.3 is 10.4 Å². The molecule has 0 fully saturated rings. The summed E-state index contributed by atoms with van der Waals surface area (Å²) in [7, 11) is 0. The molecule has 0 aromatic heterocycles. The molecule has 0 aliphatic carbocycles. The van der Waals surface area contributed by atoms with Gasteiger partial charge >= 0.3 is 5.97 Å². The van der Waals surface area contributed by atoms with Crippen LogP contribution >= 0.6 is 0 Å². The van der Waals surface area contributed by atoms with Crippen molar-refractivity contribution in [2.24, 2.45) is 5.92 Å². The van der Waals surface area contributed by atoms with Crippen molar-refractivity contribution in [3.8, 4) is 0 Å². The number of benzene rings is 1. The van der Waals surface area contributed by atoms with Gasteiger partial charge in [-0.15, -0.1) is 0 Å². The highest BCUT2D eigenvalue weighted by atomic mass is 19.1. The van der Waals surface area contributed by atoms with E-state index >= 15 is 0 Å². The van der Waals surface area contributed by atoms with Crippen LogP contribution in [0.5, 0.6) is 0 Å². The number of carbonyl (C=O) groups is 2. The second kappa shape index (κ2) is 6.82. The normalized spacial score (nSPS) is 11.9.